The van der Waals surface area contributed by atoms with Crippen LogP contribution in [-0.4, -0.2) is 29.1 Å². The zero-order chi connectivity index (χ0) is 21.8. The first-order valence-electron chi connectivity index (χ1n) is 11.0. The summed E-state index contributed by atoms with van der Waals surface area (Å²) < 4.78 is 11.3. The van der Waals surface area contributed by atoms with Crippen molar-refractivity contribution in [3.05, 3.63) is 95.9 Å². The summed E-state index contributed by atoms with van der Waals surface area (Å²) in [5.41, 5.74) is 3.72. The Balaban J connectivity index is 1.54. The minimum atomic E-state index is -0.161. The van der Waals surface area contributed by atoms with E-state index < -0.39 is 0 Å². The summed E-state index contributed by atoms with van der Waals surface area (Å²) in [5, 5.41) is 4.44. The third-order valence-electron chi connectivity index (χ3n) is 5.79. The van der Waals surface area contributed by atoms with Gasteiger partial charge in [-0.2, -0.15) is 0 Å². The van der Waals surface area contributed by atoms with Crippen LogP contribution in [0.15, 0.2) is 88.0 Å². The van der Waals surface area contributed by atoms with Gasteiger partial charge >= 0.3 is 0 Å². The van der Waals surface area contributed by atoms with Crippen LogP contribution in [-0.2, 0) is 13.1 Å². The van der Waals surface area contributed by atoms with Gasteiger partial charge in [-0.15, -0.1) is 0 Å². The minimum absolute atomic E-state index is 0.161. The monoisotopic (exact) mass is 427 g/mol. The van der Waals surface area contributed by atoms with Gasteiger partial charge in [-0.25, -0.2) is 0 Å². The molecule has 0 unspecified atom stereocenters. The summed E-state index contributed by atoms with van der Waals surface area (Å²) in [4.78, 5) is 17.4. The number of aromatic nitrogens is 1. The first-order chi connectivity index (χ1) is 15.8. The molecule has 1 fully saturated rings. The van der Waals surface area contributed by atoms with Crippen LogP contribution in [0.25, 0.3) is 11.3 Å². The van der Waals surface area contributed by atoms with Crippen LogP contribution in [0.3, 0.4) is 0 Å². The van der Waals surface area contributed by atoms with Gasteiger partial charge in [0.05, 0.1) is 18.4 Å². The summed E-state index contributed by atoms with van der Waals surface area (Å²) in [6, 6.07) is 23.4. The predicted octanol–water partition coefficient (Wildman–Crippen LogP) is 5.38. The fraction of sp³-hybridized carbons (Fsp3) is 0.231. The van der Waals surface area contributed by atoms with Gasteiger partial charge in [0.2, 0.25) is 5.88 Å². The summed E-state index contributed by atoms with van der Waals surface area (Å²) in [7, 11) is 0. The van der Waals surface area contributed by atoms with Crippen molar-refractivity contribution in [1.29, 1.82) is 0 Å². The maximum atomic E-state index is 13.4. The molecular weight excluding hydrogens is 402 g/mol. The molecule has 0 atom stereocenters. The van der Waals surface area contributed by atoms with E-state index in [2.05, 4.69) is 10.1 Å². The van der Waals surface area contributed by atoms with E-state index >= 15 is 0 Å². The quantitative estimate of drug-likeness (QED) is 0.396. The Hall–Kier alpha value is -3.80. The van der Waals surface area contributed by atoms with Crippen molar-refractivity contribution < 1.29 is 13.7 Å². The number of hydrogen-bond acceptors (Lipinski definition) is 5. The first kappa shape index (κ1) is 20.1. The average Bonchev–Trinajstić information content (AvgIpc) is 3.61. The van der Waals surface area contributed by atoms with E-state index in [0.717, 1.165) is 54.2 Å². The normalized spacial score (nSPS) is 13.4. The highest BCUT2D eigenvalue weighted by Crippen LogP contribution is 2.34. The lowest BCUT2D eigenvalue weighted by atomic mass is 10.1. The molecule has 6 heteroatoms. The molecule has 1 amide bonds. The molecule has 6 nitrogen and oxygen atoms in total. The predicted molar refractivity (Wildman–Crippen MR) is 122 cm³/mol. The second-order valence-electron chi connectivity index (χ2n) is 8.00. The van der Waals surface area contributed by atoms with E-state index in [1.165, 1.54) is 6.26 Å². The average molecular weight is 428 g/mol. The Morgan fingerprint density at radius 1 is 0.906 bits per heavy atom. The molecule has 32 heavy (non-hydrogen) atoms. The van der Waals surface area contributed by atoms with Gasteiger partial charge in [0.1, 0.15) is 5.69 Å². The van der Waals surface area contributed by atoms with E-state index in [4.69, 9.17) is 8.94 Å². The molecule has 162 valence electrons. The van der Waals surface area contributed by atoms with E-state index in [1.54, 1.807) is 17.0 Å². The number of furan rings is 1. The zero-order valence-electron chi connectivity index (χ0n) is 17.8. The Labute approximate surface area is 187 Å². The van der Waals surface area contributed by atoms with Crippen LogP contribution < -0.4 is 4.90 Å². The van der Waals surface area contributed by atoms with Crippen LogP contribution in [0.5, 0.6) is 0 Å². The fourth-order valence-corrected chi connectivity index (χ4v) is 4.18. The molecule has 5 rings (SSSR count). The number of carbonyl (C=O) groups excluding carboxylic acids is 1. The molecule has 1 saturated heterocycles. The van der Waals surface area contributed by atoms with Gasteiger partial charge in [0.25, 0.3) is 5.91 Å². The molecule has 0 aliphatic carbocycles. The molecule has 1 aliphatic rings. The number of nitrogens with zero attached hydrogens (tertiary/aromatic N) is 3. The number of hydrogen-bond donors (Lipinski definition) is 0. The third kappa shape index (κ3) is 4.17. The van der Waals surface area contributed by atoms with Crippen molar-refractivity contribution in [3.8, 4) is 11.3 Å². The van der Waals surface area contributed by atoms with Crippen LogP contribution in [0.2, 0.25) is 0 Å². The third-order valence-corrected chi connectivity index (χ3v) is 5.79. The molecule has 1 aliphatic heterocycles. The lowest BCUT2D eigenvalue weighted by molar-refractivity contribution is 0.0698. The number of carbonyl (C=O) groups is 1. The van der Waals surface area contributed by atoms with Gasteiger partial charge in [0, 0.05) is 25.2 Å². The van der Waals surface area contributed by atoms with Crippen molar-refractivity contribution in [3.63, 3.8) is 0 Å². The van der Waals surface area contributed by atoms with E-state index in [9.17, 15) is 4.79 Å². The minimum Gasteiger partial charge on any atom is -0.459 e. The Morgan fingerprint density at radius 3 is 2.31 bits per heavy atom. The molecule has 0 N–H and O–H groups in total. The number of rotatable bonds is 7. The van der Waals surface area contributed by atoms with Gasteiger partial charge in [-0.3, -0.25) is 4.79 Å². The molecule has 0 bridgehead atoms. The highest BCUT2D eigenvalue weighted by atomic mass is 16.5. The van der Waals surface area contributed by atoms with Crippen molar-refractivity contribution in [1.82, 2.24) is 10.1 Å². The van der Waals surface area contributed by atoms with E-state index in [-0.39, 0.29) is 5.91 Å². The van der Waals surface area contributed by atoms with Crippen LogP contribution in [0.1, 0.15) is 34.5 Å². The maximum Gasteiger partial charge on any atom is 0.290 e. The number of anilines is 1. The molecule has 0 radical (unpaired) electrons. The number of benzene rings is 2. The summed E-state index contributed by atoms with van der Waals surface area (Å²) >= 11 is 0. The molecule has 0 spiro atoms. The van der Waals surface area contributed by atoms with Gasteiger partial charge in [-0.05, 0) is 30.5 Å². The lowest BCUT2D eigenvalue weighted by Gasteiger charge is -2.24. The summed E-state index contributed by atoms with van der Waals surface area (Å²) in [5.74, 6) is 0.916. The van der Waals surface area contributed by atoms with Gasteiger partial charge in [-0.1, -0.05) is 65.8 Å². The highest BCUT2D eigenvalue weighted by molar-refractivity contribution is 5.91. The Morgan fingerprint density at radius 2 is 1.62 bits per heavy atom. The molecule has 2 aromatic heterocycles. The van der Waals surface area contributed by atoms with E-state index in [1.807, 2.05) is 60.7 Å². The van der Waals surface area contributed by atoms with Crippen LogP contribution in [0, 0.1) is 0 Å². The van der Waals surface area contributed by atoms with E-state index in [0.29, 0.717) is 18.8 Å². The SMILES string of the molecule is O=C(c1ccco1)N(Cc1ccccc1)Cc1c(-c2ccccc2)noc1N1CCCC1. The largest absolute Gasteiger partial charge is 0.459 e. The smallest absolute Gasteiger partial charge is 0.290 e. The van der Waals surface area contributed by atoms with Crippen LogP contribution >= 0.6 is 0 Å². The van der Waals surface area contributed by atoms with Gasteiger partial charge < -0.3 is 18.7 Å². The Bertz CT molecular complexity index is 1150. The summed E-state index contributed by atoms with van der Waals surface area (Å²) in [6.45, 7) is 2.69. The maximum absolute atomic E-state index is 13.4. The molecular formula is C26H25N3O3. The second kappa shape index (κ2) is 9.14. The first-order valence-corrected chi connectivity index (χ1v) is 11.0. The highest BCUT2D eigenvalue weighted by Gasteiger charge is 2.28. The lowest BCUT2D eigenvalue weighted by Crippen LogP contribution is -2.31. The standard InChI is InChI=1S/C26H25N3O3/c30-25(23-14-9-17-31-23)29(18-20-10-3-1-4-11-20)19-22-24(21-12-5-2-6-13-21)27-32-26(22)28-15-7-8-16-28/h1-6,9-14,17H,7-8,15-16,18-19H2. The summed E-state index contributed by atoms with van der Waals surface area (Å²) in [6.07, 6.45) is 3.78. The van der Waals surface area contributed by atoms with Gasteiger partial charge in [0.15, 0.2) is 5.76 Å². The molecule has 4 aromatic rings. The van der Waals surface area contributed by atoms with Crippen molar-refractivity contribution in [2.24, 2.45) is 0 Å². The molecule has 3 heterocycles. The van der Waals surface area contributed by atoms with Crippen molar-refractivity contribution in [2.45, 2.75) is 25.9 Å². The number of amides is 1. The Kier molecular flexibility index (Phi) is 5.75. The fourth-order valence-electron chi connectivity index (χ4n) is 4.18. The van der Waals surface area contributed by atoms with Crippen molar-refractivity contribution >= 4 is 11.8 Å². The van der Waals surface area contributed by atoms with Crippen LogP contribution in [0.4, 0.5) is 5.88 Å². The topological polar surface area (TPSA) is 62.7 Å². The molecule has 2 aromatic carbocycles. The van der Waals surface area contributed by atoms with Crippen molar-refractivity contribution in [2.75, 3.05) is 18.0 Å². The second-order valence-corrected chi connectivity index (χ2v) is 8.00. The molecule has 0 saturated carbocycles. The zero-order valence-corrected chi connectivity index (χ0v) is 17.8.